The molecule has 2 aliphatic carbocycles. The van der Waals surface area contributed by atoms with Crippen molar-refractivity contribution in [1.29, 1.82) is 0 Å². The third-order valence-corrected chi connectivity index (χ3v) is 4.63. The van der Waals surface area contributed by atoms with Gasteiger partial charge in [-0.05, 0) is 48.3 Å². The lowest BCUT2D eigenvalue weighted by atomic mass is 9.72. The van der Waals surface area contributed by atoms with E-state index in [9.17, 15) is 0 Å². The smallest absolute Gasteiger partial charge is 0.0354 e. The standard InChI is InChI=1S/C10H20.C7H14/c1-10(2,3)9-7-5-4-6-8-9;1-7(2,3)6-4-5-6/h9H,4-8H2,1-3H3;6H,4-5H2,1-3H3. The topological polar surface area (TPSA) is 0 Å². The van der Waals surface area contributed by atoms with Gasteiger partial charge in [0.05, 0.1) is 0 Å². The average Bonchev–Trinajstić information content (AvgIpc) is 3.00. The van der Waals surface area contributed by atoms with Gasteiger partial charge in [-0.2, -0.15) is 0 Å². The quantitative estimate of drug-likeness (QED) is 0.481. The van der Waals surface area contributed by atoms with Gasteiger partial charge in [0, 0.05) is 0 Å². The fourth-order valence-electron chi connectivity index (χ4n) is 2.92. The van der Waals surface area contributed by atoms with Crippen LogP contribution < -0.4 is 0 Å². The van der Waals surface area contributed by atoms with Crippen LogP contribution >= 0.6 is 0 Å². The maximum absolute atomic E-state index is 2.38. The highest BCUT2D eigenvalue weighted by Gasteiger charge is 2.33. The minimum Gasteiger partial charge on any atom is -0.0599 e. The first-order valence-corrected chi connectivity index (χ1v) is 7.71. The Morgan fingerprint density at radius 2 is 0.882 bits per heavy atom. The van der Waals surface area contributed by atoms with Gasteiger partial charge in [0.2, 0.25) is 0 Å². The van der Waals surface area contributed by atoms with E-state index in [-0.39, 0.29) is 0 Å². The molecule has 0 heterocycles. The first-order valence-electron chi connectivity index (χ1n) is 7.71. The molecule has 0 amide bonds. The van der Waals surface area contributed by atoms with E-state index in [4.69, 9.17) is 0 Å². The predicted octanol–water partition coefficient (Wildman–Crippen LogP) is 6.06. The van der Waals surface area contributed by atoms with Gasteiger partial charge in [-0.1, -0.05) is 60.8 Å². The molecule has 0 unspecified atom stereocenters. The lowest BCUT2D eigenvalue weighted by Crippen LogP contribution is -2.22. The average molecular weight is 238 g/mol. The Hall–Kier alpha value is 0. The van der Waals surface area contributed by atoms with Crippen molar-refractivity contribution < 1.29 is 0 Å². The third kappa shape index (κ3) is 5.93. The predicted molar refractivity (Wildman–Crippen MR) is 78.2 cm³/mol. The summed E-state index contributed by atoms with van der Waals surface area (Å²) < 4.78 is 0. The van der Waals surface area contributed by atoms with Crippen LogP contribution in [0.4, 0.5) is 0 Å². The first-order chi connectivity index (χ1) is 7.71. The number of hydrogen-bond donors (Lipinski definition) is 0. The van der Waals surface area contributed by atoms with Crippen molar-refractivity contribution in [3.05, 3.63) is 0 Å². The summed E-state index contributed by atoms with van der Waals surface area (Å²) in [5.41, 5.74) is 1.18. The Balaban J connectivity index is 0.000000181. The summed E-state index contributed by atoms with van der Waals surface area (Å²) >= 11 is 0. The summed E-state index contributed by atoms with van der Waals surface area (Å²) in [6.07, 6.45) is 10.3. The second-order valence-electron chi connectivity index (χ2n) is 8.34. The molecule has 0 nitrogen and oxygen atoms in total. The largest absolute Gasteiger partial charge is 0.0599 e. The Morgan fingerprint density at radius 3 is 1.06 bits per heavy atom. The van der Waals surface area contributed by atoms with E-state index < -0.39 is 0 Å². The van der Waals surface area contributed by atoms with Gasteiger partial charge in [-0.25, -0.2) is 0 Å². The molecule has 2 fully saturated rings. The molecule has 0 aliphatic heterocycles. The zero-order valence-electron chi connectivity index (χ0n) is 13.1. The maximum atomic E-state index is 2.38. The van der Waals surface area contributed by atoms with Gasteiger partial charge in [-0.3, -0.25) is 0 Å². The fraction of sp³-hybridized carbons (Fsp3) is 1.00. The summed E-state index contributed by atoms with van der Waals surface area (Å²) in [7, 11) is 0. The molecule has 0 saturated heterocycles. The molecule has 0 N–H and O–H groups in total. The second-order valence-corrected chi connectivity index (χ2v) is 8.34. The van der Waals surface area contributed by atoms with E-state index in [1.54, 1.807) is 0 Å². The molecule has 0 aromatic rings. The van der Waals surface area contributed by atoms with E-state index in [2.05, 4.69) is 41.5 Å². The molecule has 2 aliphatic rings. The summed E-state index contributed by atoms with van der Waals surface area (Å²) in [4.78, 5) is 0. The zero-order chi connectivity index (χ0) is 13.1. The van der Waals surface area contributed by atoms with E-state index >= 15 is 0 Å². The van der Waals surface area contributed by atoms with E-state index in [0.717, 1.165) is 11.8 Å². The lowest BCUT2D eigenvalue weighted by molar-refractivity contribution is 0.180. The van der Waals surface area contributed by atoms with Crippen LogP contribution in [-0.4, -0.2) is 0 Å². The van der Waals surface area contributed by atoms with Gasteiger partial charge >= 0.3 is 0 Å². The third-order valence-electron chi connectivity index (χ3n) is 4.63. The van der Waals surface area contributed by atoms with Crippen molar-refractivity contribution in [1.82, 2.24) is 0 Å². The summed E-state index contributed by atoms with van der Waals surface area (Å²) in [6, 6.07) is 0. The first kappa shape index (κ1) is 15.1. The van der Waals surface area contributed by atoms with Crippen molar-refractivity contribution in [2.75, 3.05) is 0 Å². The van der Waals surface area contributed by atoms with Gasteiger partial charge < -0.3 is 0 Å². The molecule has 0 spiro atoms. The van der Waals surface area contributed by atoms with Gasteiger partial charge in [0.25, 0.3) is 0 Å². The molecule has 0 atom stereocenters. The lowest BCUT2D eigenvalue weighted by Gasteiger charge is -2.33. The van der Waals surface area contributed by atoms with Crippen molar-refractivity contribution >= 4 is 0 Å². The van der Waals surface area contributed by atoms with Crippen LogP contribution in [0.25, 0.3) is 0 Å². The van der Waals surface area contributed by atoms with Gasteiger partial charge in [0.1, 0.15) is 0 Å². The van der Waals surface area contributed by atoms with Gasteiger partial charge in [0.15, 0.2) is 0 Å². The van der Waals surface area contributed by atoms with Crippen LogP contribution in [0.5, 0.6) is 0 Å². The molecule has 2 rings (SSSR count). The van der Waals surface area contributed by atoms with Crippen molar-refractivity contribution in [3.8, 4) is 0 Å². The molecule has 2 saturated carbocycles. The molecule has 0 aromatic heterocycles. The highest BCUT2D eigenvalue weighted by molar-refractivity contribution is 4.84. The summed E-state index contributed by atoms with van der Waals surface area (Å²) in [5, 5.41) is 0. The fourth-order valence-corrected chi connectivity index (χ4v) is 2.92. The maximum Gasteiger partial charge on any atom is -0.0354 e. The Labute approximate surface area is 110 Å². The number of hydrogen-bond acceptors (Lipinski definition) is 0. The van der Waals surface area contributed by atoms with E-state index in [1.165, 1.54) is 44.9 Å². The Kier molecular flexibility index (Phi) is 5.10. The summed E-state index contributed by atoms with van der Waals surface area (Å²) in [6.45, 7) is 14.1. The summed E-state index contributed by atoms with van der Waals surface area (Å²) in [5.74, 6) is 2.05. The molecule has 0 aromatic carbocycles. The monoisotopic (exact) mass is 238 g/mol. The molecule has 0 heteroatoms. The van der Waals surface area contributed by atoms with E-state index in [1.807, 2.05) is 0 Å². The van der Waals surface area contributed by atoms with Crippen LogP contribution in [-0.2, 0) is 0 Å². The van der Waals surface area contributed by atoms with E-state index in [0.29, 0.717) is 10.8 Å². The van der Waals surface area contributed by atoms with Crippen LogP contribution in [0.15, 0.2) is 0 Å². The highest BCUT2D eigenvalue weighted by atomic mass is 14.4. The minimum atomic E-state index is 0.570. The van der Waals surface area contributed by atoms with Crippen LogP contribution in [0.2, 0.25) is 0 Å². The number of rotatable bonds is 0. The molecule has 17 heavy (non-hydrogen) atoms. The minimum absolute atomic E-state index is 0.570. The zero-order valence-corrected chi connectivity index (χ0v) is 13.1. The molecule has 0 bridgehead atoms. The van der Waals surface area contributed by atoms with Gasteiger partial charge in [-0.15, -0.1) is 0 Å². The molecule has 102 valence electrons. The SMILES string of the molecule is CC(C)(C)C1CC1.CC(C)(C)C1CCCCC1. The van der Waals surface area contributed by atoms with Crippen molar-refractivity contribution in [3.63, 3.8) is 0 Å². The second kappa shape index (κ2) is 5.76. The van der Waals surface area contributed by atoms with Crippen LogP contribution in [0, 0.1) is 22.7 Å². The Bertz CT molecular complexity index is 203. The van der Waals surface area contributed by atoms with Crippen molar-refractivity contribution in [2.45, 2.75) is 86.5 Å². The molecule has 0 radical (unpaired) electrons. The van der Waals surface area contributed by atoms with Crippen molar-refractivity contribution in [2.24, 2.45) is 22.7 Å². The molecular formula is C17H34. The Morgan fingerprint density at radius 1 is 0.529 bits per heavy atom. The highest BCUT2D eigenvalue weighted by Crippen LogP contribution is 2.44. The van der Waals surface area contributed by atoms with Crippen LogP contribution in [0.3, 0.4) is 0 Å². The van der Waals surface area contributed by atoms with Crippen LogP contribution in [0.1, 0.15) is 86.5 Å². The molecular weight excluding hydrogens is 204 g/mol. The normalized spacial score (nSPS) is 22.9.